The molecule has 17 heavy (non-hydrogen) atoms. The standard InChI is InChI=1S/C11H14FN5/c12-11-6-10(8-14-9-11)7-13-2-1-4-17-5-3-15-16-17/h3,5-6,8-9,13H,1-2,4,7H2. The van der Waals surface area contributed by atoms with E-state index in [0.717, 1.165) is 25.1 Å². The second-order valence-electron chi connectivity index (χ2n) is 3.71. The van der Waals surface area contributed by atoms with Gasteiger partial charge < -0.3 is 5.32 Å². The molecule has 0 bridgehead atoms. The molecule has 0 spiro atoms. The highest BCUT2D eigenvalue weighted by Crippen LogP contribution is 1.99. The lowest BCUT2D eigenvalue weighted by Gasteiger charge is -2.04. The molecule has 0 aliphatic carbocycles. The highest BCUT2D eigenvalue weighted by molar-refractivity contribution is 5.09. The molecule has 0 aliphatic heterocycles. The smallest absolute Gasteiger partial charge is 0.141 e. The first-order valence-corrected chi connectivity index (χ1v) is 5.49. The van der Waals surface area contributed by atoms with Gasteiger partial charge in [0, 0.05) is 25.5 Å². The third kappa shape index (κ3) is 3.92. The zero-order chi connectivity index (χ0) is 11.9. The van der Waals surface area contributed by atoms with Gasteiger partial charge in [-0.25, -0.2) is 4.39 Å². The lowest BCUT2D eigenvalue weighted by molar-refractivity contribution is 0.529. The number of nitrogens with one attached hydrogen (secondary N) is 1. The van der Waals surface area contributed by atoms with Crippen molar-refractivity contribution in [2.45, 2.75) is 19.5 Å². The van der Waals surface area contributed by atoms with Crippen LogP contribution in [0.2, 0.25) is 0 Å². The summed E-state index contributed by atoms with van der Waals surface area (Å²) in [6, 6.07) is 1.48. The Hall–Kier alpha value is -1.82. The average molecular weight is 235 g/mol. The van der Waals surface area contributed by atoms with Crippen LogP contribution < -0.4 is 5.32 Å². The largest absolute Gasteiger partial charge is 0.313 e. The minimum Gasteiger partial charge on any atom is -0.313 e. The molecular formula is C11H14FN5. The normalized spacial score (nSPS) is 10.6. The predicted molar refractivity (Wildman–Crippen MR) is 60.5 cm³/mol. The number of nitrogens with zero attached hydrogens (tertiary/aromatic N) is 4. The van der Waals surface area contributed by atoms with E-state index >= 15 is 0 Å². The van der Waals surface area contributed by atoms with Crippen molar-refractivity contribution in [1.82, 2.24) is 25.3 Å². The minimum absolute atomic E-state index is 0.299. The third-order valence-corrected chi connectivity index (χ3v) is 2.30. The number of pyridine rings is 1. The molecule has 0 unspecified atom stereocenters. The minimum atomic E-state index is -0.299. The molecule has 2 heterocycles. The van der Waals surface area contributed by atoms with Crippen molar-refractivity contribution in [1.29, 1.82) is 0 Å². The van der Waals surface area contributed by atoms with Gasteiger partial charge in [0.15, 0.2) is 0 Å². The highest BCUT2D eigenvalue weighted by atomic mass is 19.1. The number of halogens is 1. The lowest BCUT2D eigenvalue weighted by atomic mass is 10.3. The summed E-state index contributed by atoms with van der Waals surface area (Å²) >= 11 is 0. The third-order valence-electron chi connectivity index (χ3n) is 2.30. The van der Waals surface area contributed by atoms with Crippen LogP contribution in [0.15, 0.2) is 30.9 Å². The Kier molecular flexibility index (Phi) is 4.15. The summed E-state index contributed by atoms with van der Waals surface area (Å²) in [5, 5.41) is 10.8. The van der Waals surface area contributed by atoms with Gasteiger partial charge >= 0.3 is 0 Å². The topological polar surface area (TPSA) is 55.6 Å². The fourth-order valence-electron chi connectivity index (χ4n) is 1.50. The van der Waals surface area contributed by atoms with E-state index in [4.69, 9.17) is 0 Å². The van der Waals surface area contributed by atoms with Crippen molar-refractivity contribution in [2.24, 2.45) is 0 Å². The van der Waals surface area contributed by atoms with E-state index in [1.807, 2.05) is 6.20 Å². The van der Waals surface area contributed by atoms with Crippen LogP contribution in [0.25, 0.3) is 0 Å². The van der Waals surface area contributed by atoms with Crippen LogP contribution >= 0.6 is 0 Å². The first kappa shape index (κ1) is 11.7. The van der Waals surface area contributed by atoms with Crippen LogP contribution in [0.4, 0.5) is 4.39 Å². The van der Waals surface area contributed by atoms with E-state index in [2.05, 4.69) is 20.6 Å². The number of hydrogen-bond donors (Lipinski definition) is 1. The van der Waals surface area contributed by atoms with Gasteiger partial charge in [0.2, 0.25) is 0 Å². The number of rotatable bonds is 6. The SMILES string of the molecule is Fc1cncc(CNCCCn2ccnn2)c1. The molecule has 2 rings (SSSR count). The highest BCUT2D eigenvalue weighted by Gasteiger charge is 1.96. The Labute approximate surface area is 98.7 Å². The van der Waals surface area contributed by atoms with Crippen molar-refractivity contribution in [3.8, 4) is 0 Å². The first-order chi connectivity index (χ1) is 8.34. The van der Waals surface area contributed by atoms with Crippen LogP contribution in [0.3, 0.4) is 0 Å². The van der Waals surface area contributed by atoms with Crippen molar-refractivity contribution >= 4 is 0 Å². The van der Waals surface area contributed by atoms with Gasteiger partial charge in [0.05, 0.1) is 12.4 Å². The molecule has 0 aliphatic rings. The summed E-state index contributed by atoms with van der Waals surface area (Å²) in [5.74, 6) is -0.299. The van der Waals surface area contributed by atoms with Crippen LogP contribution in [-0.4, -0.2) is 26.5 Å². The van der Waals surface area contributed by atoms with Gasteiger partial charge in [-0.2, -0.15) is 0 Å². The second-order valence-corrected chi connectivity index (χ2v) is 3.71. The van der Waals surface area contributed by atoms with Crippen LogP contribution in [0, 0.1) is 5.82 Å². The second kappa shape index (κ2) is 6.05. The molecule has 90 valence electrons. The number of aromatic nitrogens is 4. The molecule has 0 atom stereocenters. The summed E-state index contributed by atoms with van der Waals surface area (Å²) in [6.45, 7) is 2.30. The van der Waals surface area contributed by atoms with E-state index in [0.29, 0.717) is 6.54 Å². The quantitative estimate of drug-likeness (QED) is 0.759. The zero-order valence-corrected chi connectivity index (χ0v) is 9.38. The van der Waals surface area contributed by atoms with E-state index in [9.17, 15) is 4.39 Å². The molecule has 2 aromatic rings. The van der Waals surface area contributed by atoms with Gasteiger partial charge in [-0.1, -0.05) is 5.21 Å². The van der Waals surface area contributed by atoms with Crippen molar-refractivity contribution in [2.75, 3.05) is 6.54 Å². The molecule has 6 heteroatoms. The Balaban J connectivity index is 1.63. The molecule has 0 fully saturated rings. The van der Waals surface area contributed by atoms with Crippen molar-refractivity contribution in [3.05, 3.63) is 42.2 Å². The Bertz CT molecular complexity index is 443. The van der Waals surface area contributed by atoms with E-state index in [-0.39, 0.29) is 5.82 Å². The van der Waals surface area contributed by atoms with E-state index in [1.54, 1.807) is 17.1 Å². The van der Waals surface area contributed by atoms with Gasteiger partial charge in [0.25, 0.3) is 0 Å². The molecule has 0 radical (unpaired) electrons. The maximum Gasteiger partial charge on any atom is 0.141 e. The molecule has 0 saturated heterocycles. The molecule has 2 aromatic heterocycles. The molecular weight excluding hydrogens is 221 g/mol. The van der Waals surface area contributed by atoms with Gasteiger partial charge in [-0.15, -0.1) is 5.10 Å². The average Bonchev–Trinajstić information content (AvgIpc) is 2.82. The fourth-order valence-corrected chi connectivity index (χ4v) is 1.50. The maximum absolute atomic E-state index is 12.8. The molecule has 1 N–H and O–H groups in total. The molecule has 0 amide bonds. The first-order valence-electron chi connectivity index (χ1n) is 5.49. The summed E-state index contributed by atoms with van der Waals surface area (Å²) in [4.78, 5) is 3.79. The fraction of sp³-hybridized carbons (Fsp3) is 0.364. The van der Waals surface area contributed by atoms with Gasteiger partial charge in [-0.3, -0.25) is 9.67 Å². The monoisotopic (exact) mass is 235 g/mol. The zero-order valence-electron chi connectivity index (χ0n) is 9.38. The van der Waals surface area contributed by atoms with Crippen LogP contribution in [-0.2, 0) is 13.1 Å². The van der Waals surface area contributed by atoms with Gasteiger partial charge in [-0.05, 0) is 24.6 Å². The van der Waals surface area contributed by atoms with Gasteiger partial charge in [0.1, 0.15) is 5.82 Å². The van der Waals surface area contributed by atoms with Crippen LogP contribution in [0.5, 0.6) is 0 Å². The number of hydrogen-bond acceptors (Lipinski definition) is 4. The lowest BCUT2D eigenvalue weighted by Crippen LogP contribution is -2.17. The maximum atomic E-state index is 12.8. The Morgan fingerprint density at radius 2 is 2.29 bits per heavy atom. The van der Waals surface area contributed by atoms with E-state index < -0.39 is 0 Å². The van der Waals surface area contributed by atoms with E-state index in [1.165, 1.54) is 12.3 Å². The summed E-state index contributed by atoms with van der Waals surface area (Å²) in [7, 11) is 0. The Morgan fingerprint density at radius 3 is 3.06 bits per heavy atom. The summed E-state index contributed by atoms with van der Waals surface area (Å²) in [5.41, 5.74) is 0.853. The Morgan fingerprint density at radius 1 is 1.35 bits per heavy atom. The van der Waals surface area contributed by atoms with Crippen LogP contribution in [0.1, 0.15) is 12.0 Å². The van der Waals surface area contributed by atoms with Crippen molar-refractivity contribution < 1.29 is 4.39 Å². The molecule has 0 saturated carbocycles. The molecule has 0 aromatic carbocycles. The summed E-state index contributed by atoms with van der Waals surface area (Å²) in [6.07, 6.45) is 7.30. The summed E-state index contributed by atoms with van der Waals surface area (Å²) < 4.78 is 14.6. The predicted octanol–water partition coefficient (Wildman–Crippen LogP) is 0.992. The number of aryl methyl sites for hydroxylation is 1. The molecule has 5 nitrogen and oxygen atoms in total. The van der Waals surface area contributed by atoms with Crippen molar-refractivity contribution in [3.63, 3.8) is 0 Å².